The van der Waals surface area contributed by atoms with Crippen LogP contribution >= 0.6 is 11.6 Å². The molecular formula is C12H13ClFN. The second-order valence-corrected chi connectivity index (χ2v) is 5.55. The standard InChI is InChI=1S/C12H13ClFN/c13-10-2-1-8(14)3-9(10)12-4-11(5-12,6-12)7-15/h1-3H,4-7,15H2. The van der Waals surface area contributed by atoms with Gasteiger partial charge in [-0.05, 0) is 60.4 Å². The molecule has 0 radical (unpaired) electrons. The van der Waals surface area contributed by atoms with Gasteiger partial charge in [-0.3, -0.25) is 0 Å². The summed E-state index contributed by atoms with van der Waals surface area (Å²) >= 11 is 6.11. The first kappa shape index (κ1) is 9.61. The lowest BCUT2D eigenvalue weighted by Gasteiger charge is -2.71. The number of nitrogens with two attached hydrogens (primary N) is 1. The Morgan fingerprint density at radius 1 is 1.33 bits per heavy atom. The molecule has 3 heteroatoms. The van der Waals surface area contributed by atoms with Crippen LogP contribution in [0.5, 0.6) is 0 Å². The van der Waals surface area contributed by atoms with E-state index >= 15 is 0 Å². The molecule has 0 aromatic heterocycles. The van der Waals surface area contributed by atoms with Gasteiger partial charge in [0, 0.05) is 5.02 Å². The van der Waals surface area contributed by atoms with Crippen LogP contribution in [0.1, 0.15) is 24.8 Å². The number of halogens is 2. The van der Waals surface area contributed by atoms with Crippen LogP contribution in [0.2, 0.25) is 5.02 Å². The van der Waals surface area contributed by atoms with Crippen LogP contribution in [0, 0.1) is 11.2 Å². The second kappa shape index (κ2) is 2.74. The van der Waals surface area contributed by atoms with Gasteiger partial charge in [0.05, 0.1) is 0 Å². The molecule has 0 spiro atoms. The SMILES string of the molecule is NCC12CC(c3cc(F)ccc3Cl)(C1)C2. The smallest absolute Gasteiger partial charge is 0.123 e. The number of rotatable bonds is 2. The van der Waals surface area contributed by atoms with Gasteiger partial charge in [-0.2, -0.15) is 0 Å². The number of hydrogen-bond acceptors (Lipinski definition) is 1. The highest BCUT2D eigenvalue weighted by atomic mass is 35.5. The molecule has 4 rings (SSSR count). The lowest BCUT2D eigenvalue weighted by atomic mass is 9.33. The van der Waals surface area contributed by atoms with Crippen LogP contribution in [0.15, 0.2) is 18.2 Å². The van der Waals surface area contributed by atoms with E-state index in [0.29, 0.717) is 10.4 Å². The molecule has 3 fully saturated rings. The van der Waals surface area contributed by atoms with Crippen molar-refractivity contribution in [2.45, 2.75) is 24.7 Å². The van der Waals surface area contributed by atoms with Crippen LogP contribution in [0.4, 0.5) is 4.39 Å². The van der Waals surface area contributed by atoms with Crippen LogP contribution in [-0.4, -0.2) is 6.54 Å². The van der Waals surface area contributed by atoms with Gasteiger partial charge in [0.1, 0.15) is 5.82 Å². The lowest BCUT2D eigenvalue weighted by molar-refractivity contribution is -0.132. The number of benzene rings is 1. The van der Waals surface area contributed by atoms with Crippen molar-refractivity contribution in [2.75, 3.05) is 6.54 Å². The van der Waals surface area contributed by atoms with Crippen molar-refractivity contribution >= 4 is 11.6 Å². The zero-order valence-corrected chi connectivity index (χ0v) is 9.15. The molecule has 15 heavy (non-hydrogen) atoms. The van der Waals surface area contributed by atoms with E-state index in [1.165, 1.54) is 6.07 Å². The zero-order chi connectivity index (χ0) is 10.7. The zero-order valence-electron chi connectivity index (χ0n) is 8.39. The Morgan fingerprint density at radius 3 is 2.60 bits per heavy atom. The van der Waals surface area contributed by atoms with Crippen molar-refractivity contribution in [3.05, 3.63) is 34.6 Å². The monoisotopic (exact) mass is 225 g/mol. The molecule has 3 saturated carbocycles. The summed E-state index contributed by atoms with van der Waals surface area (Å²) in [5, 5.41) is 0.696. The molecule has 0 amide bonds. The highest BCUT2D eigenvalue weighted by Crippen LogP contribution is 2.73. The maximum Gasteiger partial charge on any atom is 0.123 e. The normalized spacial score (nSPS) is 37.0. The van der Waals surface area contributed by atoms with Crippen LogP contribution in [0.3, 0.4) is 0 Å². The third kappa shape index (κ3) is 1.12. The molecule has 0 heterocycles. The van der Waals surface area contributed by atoms with Gasteiger partial charge in [-0.15, -0.1) is 0 Å². The topological polar surface area (TPSA) is 26.0 Å². The van der Waals surface area contributed by atoms with E-state index in [2.05, 4.69) is 0 Å². The van der Waals surface area contributed by atoms with Gasteiger partial charge in [0.25, 0.3) is 0 Å². The minimum atomic E-state index is -0.194. The van der Waals surface area contributed by atoms with E-state index in [4.69, 9.17) is 17.3 Å². The van der Waals surface area contributed by atoms with Crippen molar-refractivity contribution in [1.29, 1.82) is 0 Å². The van der Waals surface area contributed by atoms with E-state index in [9.17, 15) is 4.39 Å². The van der Waals surface area contributed by atoms with Gasteiger partial charge < -0.3 is 5.73 Å². The van der Waals surface area contributed by atoms with E-state index in [1.807, 2.05) is 0 Å². The van der Waals surface area contributed by atoms with E-state index in [0.717, 1.165) is 31.4 Å². The maximum atomic E-state index is 13.1. The molecule has 80 valence electrons. The Morgan fingerprint density at radius 2 is 2.00 bits per heavy atom. The third-order valence-electron chi connectivity index (χ3n) is 4.07. The summed E-state index contributed by atoms with van der Waals surface area (Å²) in [5.41, 5.74) is 7.20. The average Bonchev–Trinajstić information content (AvgIpc) is 2.07. The fraction of sp³-hybridized carbons (Fsp3) is 0.500. The highest BCUT2D eigenvalue weighted by molar-refractivity contribution is 6.31. The van der Waals surface area contributed by atoms with E-state index < -0.39 is 0 Å². The van der Waals surface area contributed by atoms with Gasteiger partial charge in [-0.25, -0.2) is 4.39 Å². The van der Waals surface area contributed by atoms with Crippen molar-refractivity contribution in [2.24, 2.45) is 11.1 Å². The van der Waals surface area contributed by atoms with Crippen molar-refractivity contribution in [3.63, 3.8) is 0 Å². The second-order valence-electron chi connectivity index (χ2n) is 5.14. The summed E-state index contributed by atoms with van der Waals surface area (Å²) in [6.07, 6.45) is 3.25. The van der Waals surface area contributed by atoms with Crippen LogP contribution in [-0.2, 0) is 5.41 Å². The highest BCUT2D eigenvalue weighted by Gasteiger charge is 2.67. The van der Waals surface area contributed by atoms with Crippen LogP contribution < -0.4 is 5.73 Å². The molecule has 1 aromatic rings. The van der Waals surface area contributed by atoms with Crippen molar-refractivity contribution < 1.29 is 4.39 Å². The first-order chi connectivity index (χ1) is 7.09. The predicted molar refractivity (Wildman–Crippen MR) is 58.4 cm³/mol. The largest absolute Gasteiger partial charge is 0.330 e. The predicted octanol–water partition coefficient (Wildman–Crippen LogP) is 2.86. The quantitative estimate of drug-likeness (QED) is 0.823. The Labute approximate surface area is 93.4 Å². The van der Waals surface area contributed by atoms with Gasteiger partial charge in [0.2, 0.25) is 0 Å². The fourth-order valence-electron chi connectivity index (χ4n) is 3.40. The Bertz CT molecular complexity index is 410. The molecule has 2 bridgehead atoms. The molecule has 1 aromatic carbocycles. The van der Waals surface area contributed by atoms with Crippen LogP contribution in [0.25, 0.3) is 0 Å². The summed E-state index contributed by atoms with van der Waals surface area (Å²) in [7, 11) is 0. The van der Waals surface area contributed by atoms with Gasteiger partial charge in [0.15, 0.2) is 0 Å². The summed E-state index contributed by atoms with van der Waals surface area (Å²) in [4.78, 5) is 0. The van der Waals surface area contributed by atoms with Crippen molar-refractivity contribution in [3.8, 4) is 0 Å². The molecule has 0 aliphatic heterocycles. The van der Waals surface area contributed by atoms with Gasteiger partial charge >= 0.3 is 0 Å². The lowest BCUT2D eigenvalue weighted by Crippen LogP contribution is -2.67. The molecule has 0 unspecified atom stereocenters. The number of hydrogen-bond donors (Lipinski definition) is 1. The summed E-state index contributed by atoms with van der Waals surface area (Å²) < 4.78 is 13.1. The maximum absolute atomic E-state index is 13.1. The Hall–Kier alpha value is -0.600. The molecule has 3 aliphatic carbocycles. The molecule has 1 nitrogen and oxygen atoms in total. The Kier molecular flexibility index (Phi) is 1.76. The van der Waals surface area contributed by atoms with E-state index in [-0.39, 0.29) is 11.2 Å². The summed E-state index contributed by atoms with van der Waals surface area (Å²) in [6, 6.07) is 4.65. The van der Waals surface area contributed by atoms with Crippen molar-refractivity contribution in [1.82, 2.24) is 0 Å². The van der Waals surface area contributed by atoms with E-state index in [1.54, 1.807) is 12.1 Å². The minimum absolute atomic E-state index is 0.151. The molecule has 0 saturated heterocycles. The molecule has 2 N–H and O–H groups in total. The third-order valence-corrected chi connectivity index (χ3v) is 4.40. The first-order valence-electron chi connectivity index (χ1n) is 5.25. The fourth-order valence-corrected chi connectivity index (χ4v) is 3.72. The average molecular weight is 226 g/mol. The molecule has 3 aliphatic rings. The first-order valence-corrected chi connectivity index (χ1v) is 5.63. The molecule has 0 atom stereocenters. The summed E-state index contributed by atoms with van der Waals surface area (Å²) in [6.45, 7) is 0.752. The van der Waals surface area contributed by atoms with Gasteiger partial charge in [-0.1, -0.05) is 11.6 Å². The Balaban J connectivity index is 1.93. The summed E-state index contributed by atoms with van der Waals surface area (Å²) in [5.74, 6) is -0.194. The molecular weight excluding hydrogens is 213 g/mol. The minimum Gasteiger partial charge on any atom is -0.330 e.